The molecule has 1 heterocycles. The van der Waals surface area contributed by atoms with Crippen molar-refractivity contribution in [3.05, 3.63) is 71.8 Å². The van der Waals surface area contributed by atoms with E-state index < -0.39 is 0 Å². The van der Waals surface area contributed by atoms with Crippen LogP contribution in [0.1, 0.15) is 50.3 Å². The van der Waals surface area contributed by atoms with E-state index in [-0.39, 0.29) is 6.10 Å². The Hall–Kier alpha value is -1.64. The van der Waals surface area contributed by atoms with Gasteiger partial charge in [-0.05, 0) is 37.8 Å². The highest BCUT2D eigenvalue weighted by Crippen LogP contribution is 2.27. The molecule has 2 nitrogen and oxygen atoms in total. The van der Waals surface area contributed by atoms with Gasteiger partial charge in [0, 0.05) is 18.6 Å². The molecule has 128 valence electrons. The molecule has 1 aliphatic rings. The lowest BCUT2D eigenvalue weighted by atomic mass is 9.98. The quantitative estimate of drug-likeness (QED) is 0.737. The maximum atomic E-state index is 6.37. The molecule has 1 saturated heterocycles. The van der Waals surface area contributed by atoms with E-state index in [0.717, 1.165) is 13.2 Å². The molecule has 0 aliphatic carbocycles. The van der Waals surface area contributed by atoms with Crippen LogP contribution in [0.2, 0.25) is 0 Å². The Labute approximate surface area is 146 Å². The first-order chi connectivity index (χ1) is 11.8. The summed E-state index contributed by atoms with van der Waals surface area (Å²) < 4.78 is 6.37. The van der Waals surface area contributed by atoms with Crippen molar-refractivity contribution in [2.75, 3.05) is 13.2 Å². The minimum atomic E-state index is 0.0165. The van der Waals surface area contributed by atoms with Crippen molar-refractivity contribution >= 4 is 0 Å². The smallest absolute Gasteiger partial charge is 0.108 e. The molecular formula is C22H29NO. The lowest BCUT2D eigenvalue weighted by molar-refractivity contribution is 0.0259. The maximum Gasteiger partial charge on any atom is 0.108 e. The Morgan fingerprint density at radius 2 is 1.38 bits per heavy atom. The average molecular weight is 323 g/mol. The number of ether oxygens (including phenoxy) is 1. The van der Waals surface area contributed by atoms with Gasteiger partial charge in [-0.1, -0.05) is 67.1 Å². The van der Waals surface area contributed by atoms with Gasteiger partial charge in [-0.2, -0.15) is 0 Å². The second-order valence-electron chi connectivity index (χ2n) is 6.94. The summed E-state index contributed by atoms with van der Waals surface area (Å²) in [6, 6.07) is 22.4. The number of rotatable bonds is 6. The molecule has 1 aliphatic heterocycles. The highest BCUT2D eigenvalue weighted by Gasteiger charge is 2.24. The summed E-state index contributed by atoms with van der Waals surface area (Å²) in [6.07, 6.45) is 4.00. The molecule has 0 N–H and O–H groups in total. The second-order valence-corrected chi connectivity index (χ2v) is 6.94. The van der Waals surface area contributed by atoms with Gasteiger partial charge in [0.15, 0.2) is 0 Å². The van der Waals surface area contributed by atoms with Gasteiger partial charge in [-0.15, -0.1) is 0 Å². The first-order valence-electron chi connectivity index (χ1n) is 9.23. The van der Waals surface area contributed by atoms with E-state index in [1.807, 2.05) is 0 Å². The Kier molecular flexibility index (Phi) is 6.06. The largest absolute Gasteiger partial charge is 0.367 e. The molecule has 2 aromatic carbocycles. The van der Waals surface area contributed by atoms with Crippen LogP contribution in [0.25, 0.3) is 0 Å². The number of hydrogen-bond donors (Lipinski definition) is 0. The highest BCUT2D eigenvalue weighted by molar-refractivity contribution is 5.29. The molecule has 0 radical (unpaired) electrons. The summed E-state index contributed by atoms with van der Waals surface area (Å²) in [5, 5.41) is 0. The SMILES string of the molecule is CC1CCCC(C)N1CCOC(c1ccccc1)c1ccccc1. The van der Waals surface area contributed by atoms with E-state index in [1.165, 1.54) is 30.4 Å². The Morgan fingerprint density at radius 3 is 1.88 bits per heavy atom. The van der Waals surface area contributed by atoms with Crippen LogP contribution in [-0.4, -0.2) is 30.1 Å². The van der Waals surface area contributed by atoms with Crippen LogP contribution in [0.3, 0.4) is 0 Å². The zero-order chi connectivity index (χ0) is 16.8. The zero-order valence-electron chi connectivity index (χ0n) is 14.9. The van der Waals surface area contributed by atoms with E-state index in [0.29, 0.717) is 12.1 Å². The van der Waals surface area contributed by atoms with E-state index in [9.17, 15) is 0 Å². The van der Waals surface area contributed by atoms with Crippen LogP contribution in [0, 0.1) is 0 Å². The van der Waals surface area contributed by atoms with Crippen molar-refractivity contribution in [1.82, 2.24) is 4.90 Å². The van der Waals surface area contributed by atoms with Crippen molar-refractivity contribution in [2.45, 2.75) is 51.3 Å². The summed E-state index contributed by atoms with van der Waals surface area (Å²) in [5.74, 6) is 0. The van der Waals surface area contributed by atoms with Gasteiger partial charge in [-0.25, -0.2) is 0 Å². The van der Waals surface area contributed by atoms with Crippen LogP contribution in [-0.2, 0) is 4.74 Å². The van der Waals surface area contributed by atoms with Gasteiger partial charge in [0.1, 0.15) is 6.10 Å². The molecule has 2 aromatic rings. The predicted octanol–water partition coefficient (Wildman–Crippen LogP) is 5.06. The van der Waals surface area contributed by atoms with Crippen molar-refractivity contribution < 1.29 is 4.74 Å². The standard InChI is InChI=1S/C22H29NO/c1-18-10-9-11-19(2)23(18)16-17-24-22(20-12-5-3-6-13-20)21-14-7-4-8-15-21/h3-8,12-15,18-19,22H,9-11,16-17H2,1-2H3. The van der Waals surface area contributed by atoms with Gasteiger partial charge in [0.2, 0.25) is 0 Å². The average Bonchev–Trinajstić information content (AvgIpc) is 2.62. The fourth-order valence-corrected chi connectivity index (χ4v) is 3.83. The molecule has 2 atom stereocenters. The van der Waals surface area contributed by atoms with Crippen LogP contribution in [0.15, 0.2) is 60.7 Å². The number of benzene rings is 2. The number of hydrogen-bond acceptors (Lipinski definition) is 2. The fourth-order valence-electron chi connectivity index (χ4n) is 3.83. The Bertz CT molecular complexity index is 548. The van der Waals surface area contributed by atoms with Crippen LogP contribution >= 0.6 is 0 Å². The van der Waals surface area contributed by atoms with Crippen LogP contribution < -0.4 is 0 Å². The van der Waals surface area contributed by atoms with Gasteiger partial charge < -0.3 is 4.74 Å². The molecule has 1 fully saturated rings. The van der Waals surface area contributed by atoms with Gasteiger partial charge in [0.25, 0.3) is 0 Å². The third-order valence-corrected chi connectivity index (χ3v) is 5.21. The van der Waals surface area contributed by atoms with E-state index in [2.05, 4.69) is 79.4 Å². The molecule has 0 saturated carbocycles. The molecule has 3 rings (SSSR count). The zero-order valence-corrected chi connectivity index (χ0v) is 14.9. The number of likely N-dealkylation sites (tertiary alicyclic amines) is 1. The summed E-state index contributed by atoms with van der Waals surface area (Å²) in [6.45, 7) is 6.48. The van der Waals surface area contributed by atoms with E-state index in [4.69, 9.17) is 4.74 Å². The lowest BCUT2D eigenvalue weighted by Gasteiger charge is -2.39. The molecule has 0 aromatic heterocycles. The minimum absolute atomic E-state index is 0.0165. The molecule has 2 heteroatoms. The molecular weight excluding hydrogens is 294 g/mol. The highest BCUT2D eigenvalue weighted by atomic mass is 16.5. The van der Waals surface area contributed by atoms with Crippen LogP contribution in [0.5, 0.6) is 0 Å². The Morgan fingerprint density at radius 1 is 0.875 bits per heavy atom. The molecule has 2 unspecified atom stereocenters. The van der Waals surface area contributed by atoms with Crippen LogP contribution in [0.4, 0.5) is 0 Å². The predicted molar refractivity (Wildman–Crippen MR) is 100 cm³/mol. The number of nitrogens with zero attached hydrogens (tertiary/aromatic N) is 1. The van der Waals surface area contributed by atoms with Gasteiger partial charge >= 0.3 is 0 Å². The topological polar surface area (TPSA) is 12.5 Å². The summed E-state index contributed by atoms with van der Waals surface area (Å²) in [7, 11) is 0. The van der Waals surface area contributed by atoms with Crippen molar-refractivity contribution in [3.63, 3.8) is 0 Å². The molecule has 0 bridgehead atoms. The second kappa shape index (κ2) is 8.46. The third-order valence-electron chi connectivity index (χ3n) is 5.21. The summed E-state index contributed by atoms with van der Waals surface area (Å²) >= 11 is 0. The molecule has 0 amide bonds. The monoisotopic (exact) mass is 323 g/mol. The first kappa shape index (κ1) is 17.2. The van der Waals surface area contributed by atoms with Crippen molar-refractivity contribution in [2.24, 2.45) is 0 Å². The van der Waals surface area contributed by atoms with Gasteiger partial charge in [0.05, 0.1) is 6.61 Å². The first-order valence-corrected chi connectivity index (χ1v) is 9.23. The summed E-state index contributed by atoms with van der Waals surface area (Å²) in [5.41, 5.74) is 2.45. The number of piperidine rings is 1. The Balaban J connectivity index is 1.67. The summed E-state index contributed by atoms with van der Waals surface area (Å²) in [4.78, 5) is 2.61. The van der Waals surface area contributed by atoms with Crippen molar-refractivity contribution in [3.8, 4) is 0 Å². The maximum absolute atomic E-state index is 6.37. The minimum Gasteiger partial charge on any atom is -0.367 e. The lowest BCUT2D eigenvalue weighted by Crippen LogP contribution is -2.45. The normalized spacial score (nSPS) is 22.0. The van der Waals surface area contributed by atoms with Crippen molar-refractivity contribution in [1.29, 1.82) is 0 Å². The molecule has 0 spiro atoms. The van der Waals surface area contributed by atoms with E-state index in [1.54, 1.807) is 0 Å². The molecule has 24 heavy (non-hydrogen) atoms. The fraction of sp³-hybridized carbons (Fsp3) is 0.455. The van der Waals surface area contributed by atoms with Gasteiger partial charge in [-0.3, -0.25) is 4.90 Å². The third kappa shape index (κ3) is 4.25. The van der Waals surface area contributed by atoms with E-state index >= 15 is 0 Å².